The fraction of sp³-hybridized carbons (Fsp3) is 0.778. The molecule has 0 saturated heterocycles. The van der Waals surface area contributed by atoms with Gasteiger partial charge in [0, 0.05) is 6.04 Å². The quantitative estimate of drug-likeness (QED) is 0.511. The summed E-state index contributed by atoms with van der Waals surface area (Å²) < 4.78 is 0. The van der Waals surface area contributed by atoms with E-state index >= 15 is 0 Å². The Morgan fingerprint density at radius 2 is 1.80 bits per heavy atom. The first kappa shape index (κ1) is 7.80. The van der Waals surface area contributed by atoms with Gasteiger partial charge in [-0.25, -0.2) is 0 Å². The van der Waals surface area contributed by atoms with Crippen molar-refractivity contribution in [3.05, 3.63) is 12.2 Å². The van der Waals surface area contributed by atoms with Gasteiger partial charge in [-0.1, -0.05) is 19.1 Å². The molecule has 0 heterocycles. The fourth-order valence-electron chi connectivity index (χ4n) is 1.38. The fourth-order valence-corrected chi connectivity index (χ4v) is 1.38. The molecule has 1 heteroatoms. The van der Waals surface area contributed by atoms with Gasteiger partial charge in [0.05, 0.1) is 0 Å². The minimum Gasteiger partial charge on any atom is -0.327 e. The van der Waals surface area contributed by atoms with E-state index in [0.29, 0.717) is 12.0 Å². The van der Waals surface area contributed by atoms with Crippen LogP contribution in [-0.2, 0) is 0 Å². The first-order valence-electron chi connectivity index (χ1n) is 4.21. The van der Waals surface area contributed by atoms with Gasteiger partial charge in [0.1, 0.15) is 0 Å². The van der Waals surface area contributed by atoms with E-state index in [2.05, 4.69) is 19.1 Å². The van der Waals surface area contributed by atoms with E-state index in [1.165, 1.54) is 19.3 Å². The maximum atomic E-state index is 5.91. The Morgan fingerprint density at radius 1 is 1.20 bits per heavy atom. The molecule has 1 rings (SSSR count). The van der Waals surface area contributed by atoms with Crippen molar-refractivity contribution in [2.24, 2.45) is 11.7 Å². The molecular weight excluding hydrogens is 122 g/mol. The molecule has 1 nitrogen and oxygen atoms in total. The summed E-state index contributed by atoms with van der Waals surface area (Å²) in [6.45, 7) is 2.25. The minimum atomic E-state index is 0.435. The summed E-state index contributed by atoms with van der Waals surface area (Å²) in [5.74, 6) is 0.713. The van der Waals surface area contributed by atoms with Gasteiger partial charge in [0.2, 0.25) is 0 Å². The van der Waals surface area contributed by atoms with Crippen LogP contribution in [0.1, 0.15) is 32.6 Å². The Balaban J connectivity index is 2.40. The van der Waals surface area contributed by atoms with E-state index in [0.717, 1.165) is 6.42 Å². The van der Waals surface area contributed by atoms with Crippen LogP contribution in [0.4, 0.5) is 0 Å². The van der Waals surface area contributed by atoms with E-state index in [4.69, 9.17) is 5.73 Å². The molecule has 0 aromatic carbocycles. The highest BCUT2D eigenvalue weighted by molar-refractivity contribution is 4.87. The van der Waals surface area contributed by atoms with Gasteiger partial charge >= 0.3 is 0 Å². The second kappa shape index (κ2) is 3.77. The molecule has 0 aromatic heterocycles. The van der Waals surface area contributed by atoms with Crippen LogP contribution in [0.15, 0.2) is 12.2 Å². The highest BCUT2D eigenvalue weighted by Crippen LogP contribution is 2.16. The summed E-state index contributed by atoms with van der Waals surface area (Å²) in [6, 6.07) is 0.435. The normalized spacial score (nSPS) is 38.2. The summed E-state index contributed by atoms with van der Waals surface area (Å²) in [5.41, 5.74) is 5.91. The maximum absolute atomic E-state index is 5.91. The number of allylic oxidation sites excluding steroid dienone is 2. The van der Waals surface area contributed by atoms with Crippen molar-refractivity contribution in [2.45, 2.75) is 38.6 Å². The van der Waals surface area contributed by atoms with E-state index in [1.54, 1.807) is 0 Å². The van der Waals surface area contributed by atoms with Gasteiger partial charge in [-0.05, 0) is 31.6 Å². The van der Waals surface area contributed by atoms with Gasteiger partial charge < -0.3 is 5.73 Å². The predicted molar refractivity (Wildman–Crippen MR) is 44.7 cm³/mol. The lowest BCUT2D eigenvalue weighted by atomic mass is 9.92. The maximum Gasteiger partial charge on any atom is 0.00675 e. The van der Waals surface area contributed by atoms with Gasteiger partial charge in [0.15, 0.2) is 0 Å². The lowest BCUT2D eigenvalue weighted by Gasteiger charge is -2.19. The average Bonchev–Trinajstić information content (AvgIpc) is 1.92. The molecule has 2 atom stereocenters. The van der Waals surface area contributed by atoms with Crippen molar-refractivity contribution >= 4 is 0 Å². The molecular formula is C9H17N. The third kappa shape index (κ3) is 2.14. The number of nitrogens with two attached hydrogens (primary N) is 1. The first-order valence-corrected chi connectivity index (χ1v) is 4.21. The van der Waals surface area contributed by atoms with Crippen LogP contribution in [0.25, 0.3) is 0 Å². The van der Waals surface area contributed by atoms with Crippen molar-refractivity contribution in [3.8, 4) is 0 Å². The predicted octanol–water partition coefficient (Wildman–Crippen LogP) is 2.08. The highest BCUT2D eigenvalue weighted by atomic mass is 14.6. The van der Waals surface area contributed by atoms with E-state index in [1.807, 2.05) is 0 Å². The van der Waals surface area contributed by atoms with Crippen LogP contribution in [-0.4, -0.2) is 6.04 Å². The van der Waals surface area contributed by atoms with Gasteiger partial charge in [-0.2, -0.15) is 0 Å². The zero-order chi connectivity index (χ0) is 7.40. The highest BCUT2D eigenvalue weighted by Gasteiger charge is 2.11. The molecule has 0 amide bonds. The molecule has 0 aromatic rings. The van der Waals surface area contributed by atoms with E-state index in [9.17, 15) is 0 Å². The van der Waals surface area contributed by atoms with Gasteiger partial charge in [-0.3, -0.25) is 0 Å². The molecule has 0 spiro atoms. The number of hydrogen-bond acceptors (Lipinski definition) is 1. The molecule has 2 N–H and O–H groups in total. The lowest BCUT2D eigenvalue weighted by molar-refractivity contribution is 0.405. The standard InChI is InChI=1S/C9H17N/c1-8-6-4-2-3-5-7-9(8)10/h2-3,8-9H,4-7,10H2,1H3/b3-2+/t8-,9+/m0/s1. The SMILES string of the molecule is C[C@H]1CC/C=C/CC[C@H]1N. The second-order valence-corrected chi connectivity index (χ2v) is 3.27. The van der Waals surface area contributed by atoms with Crippen LogP contribution >= 0.6 is 0 Å². The molecule has 1 aliphatic rings. The summed E-state index contributed by atoms with van der Waals surface area (Å²) in [5, 5.41) is 0. The van der Waals surface area contributed by atoms with Crippen LogP contribution in [0, 0.1) is 5.92 Å². The molecule has 0 radical (unpaired) electrons. The summed E-state index contributed by atoms with van der Waals surface area (Å²) in [7, 11) is 0. The monoisotopic (exact) mass is 139 g/mol. The molecule has 58 valence electrons. The largest absolute Gasteiger partial charge is 0.327 e. The molecule has 1 aliphatic carbocycles. The molecule has 0 fully saturated rings. The Morgan fingerprint density at radius 3 is 2.50 bits per heavy atom. The molecule has 0 bridgehead atoms. The van der Waals surface area contributed by atoms with E-state index < -0.39 is 0 Å². The first-order chi connectivity index (χ1) is 4.80. The smallest absolute Gasteiger partial charge is 0.00675 e. The zero-order valence-electron chi connectivity index (χ0n) is 6.72. The molecule has 10 heavy (non-hydrogen) atoms. The topological polar surface area (TPSA) is 26.0 Å². The molecule has 0 unspecified atom stereocenters. The Hall–Kier alpha value is -0.300. The van der Waals surface area contributed by atoms with Gasteiger partial charge in [-0.15, -0.1) is 0 Å². The Kier molecular flexibility index (Phi) is 2.94. The van der Waals surface area contributed by atoms with E-state index in [-0.39, 0.29) is 0 Å². The second-order valence-electron chi connectivity index (χ2n) is 3.27. The summed E-state index contributed by atoms with van der Waals surface area (Å²) >= 11 is 0. The zero-order valence-corrected chi connectivity index (χ0v) is 6.72. The summed E-state index contributed by atoms with van der Waals surface area (Å²) in [6.07, 6.45) is 9.35. The molecule has 0 saturated carbocycles. The third-order valence-corrected chi connectivity index (χ3v) is 2.35. The van der Waals surface area contributed by atoms with Crippen molar-refractivity contribution < 1.29 is 0 Å². The van der Waals surface area contributed by atoms with Crippen molar-refractivity contribution in [1.82, 2.24) is 0 Å². The van der Waals surface area contributed by atoms with Crippen LogP contribution < -0.4 is 5.73 Å². The minimum absolute atomic E-state index is 0.435. The van der Waals surface area contributed by atoms with Gasteiger partial charge in [0.25, 0.3) is 0 Å². The number of rotatable bonds is 0. The number of hydrogen-bond donors (Lipinski definition) is 1. The Bertz CT molecular complexity index is 104. The molecule has 0 aliphatic heterocycles. The lowest BCUT2D eigenvalue weighted by Crippen LogP contribution is -2.28. The van der Waals surface area contributed by atoms with Crippen LogP contribution in [0.2, 0.25) is 0 Å². The van der Waals surface area contributed by atoms with Crippen LogP contribution in [0.3, 0.4) is 0 Å². The Labute approximate surface area is 63.3 Å². The third-order valence-electron chi connectivity index (χ3n) is 2.35. The van der Waals surface area contributed by atoms with Crippen molar-refractivity contribution in [1.29, 1.82) is 0 Å². The average molecular weight is 139 g/mol. The van der Waals surface area contributed by atoms with Crippen molar-refractivity contribution in [2.75, 3.05) is 0 Å². The van der Waals surface area contributed by atoms with Crippen LogP contribution in [0.5, 0.6) is 0 Å². The van der Waals surface area contributed by atoms with Crippen molar-refractivity contribution in [3.63, 3.8) is 0 Å². The summed E-state index contributed by atoms with van der Waals surface area (Å²) in [4.78, 5) is 0.